The molecule has 102 valence electrons. The second-order valence-corrected chi connectivity index (χ2v) is 5.37. The average molecular weight is 327 g/mol. The van der Waals surface area contributed by atoms with Crippen LogP contribution in [0.4, 0.5) is 5.00 Å². The molecule has 0 spiro atoms. The van der Waals surface area contributed by atoms with Crippen molar-refractivity contribution < 1.29 is 9.53 Å². The number of anilines is 1. The number of nitrogens with zero attached hydrogens (tertiary/aromatic N) is 1. The van der Waals surface area contributed by atoms with Crippen molar-refractivity contribution in [1.29, 1.82) is 5.26 Å². The summed E-state index contributed by atoms with van der Waals surface area (Å²) in [5.74, 6) is -0.0407. The molecule has 1 heterocycles. The maximum atomic E-state index is 11.7. The first-order valence-corrected chi connectivity index (χ1v) is 7.09. The lowest BCUT2D eigenvalue weighted by atomic mass is 10.3. The molecule has 0 aliphatic heterocycles. The zero-order valence-electron chi connectivity index (χ0n) is 10.0. The molecule has 4 nitrogen and oxygen atoms in total. The van der Waals surface area contributed by atoms with Crippen molar-refractivity contribution in [2.75, 3.05) is 11.9 Å². The van der Waals surface area contributed by atoms with Gasteiger partial charge in [0, 0.05) is 0 Å². The van der Waals surface area contributed by atoms with Crippen LogP contribution in [0.25, 0.3) is 0 Å². The summed E-state index contributed by atoms with van der Waals surface area (Å²) in [5.41, 5.74) is 0.420. The van der Waals surface area contributed by atoms with Crippen molar-refractivity contribution in [3.8, 4) is 11.8 Å². The van der Waals surface area contributed by atoms with Crippen LogP contribution in [0.15, 0.2) is 29.6 Å². The smallest absolute Gasteiger partial charge is 0.262 e. The van der Waals surface area contributed by atoms with Gasteiger partial charge in [0.05, 0.1) is 10.6 Å². The Morgan fingerprint density at radius 1 is 1.40 bits per heavy atom. The first kappa shape index (κ1) is 14.7. The molecule has 0 atom stereocenters. The predicted molar refractivity (Wildman–Crippen MR) is 79.6 cm³/mol. The van der Waals surface area contributed by atoms with Gasteiger partial charge in [-0.3, -0.25) is 4.79 Å². The number of benzene rings is 1. The molecule has 1 aromatic carbocycles. The average Bonchev–Trinajstić information content (AvgIpc) is 2.87. The summed E-state index contributed by atoms with van der Waals surface area (Å²) in [6.07, 6.45) is 0. The first-order valence-electron chi connectivity index (χ1n) is 5.46. The van der Waals surface area contributed by atoms with Gasteiger partial charge in [0.2, 0.25) is 0 Å². The molecule has 0 saturated heterocycles. The summed E-state index contributed by atoms with van der Waals surface area (Å²) >= 11 is 13.0. The van der Waals surface area contributed by atoms with E-state index in [1.54, 1.807) is 29.6 Å². The van der Waals surface area contributed by atoms with Gasteiger partial charge in [0.1, 0.15) is 21.8 Å². The van der Waals surface area contributed by atoms with Crippen LogP contribution in [-0.4, -0.2) is 12.5 Å². The van der Waals surface area contributed by atoms with E-state index in [0.29, 0.717) is 21.3 Å². The quantitative estimate of drug-likeness (QED) is 0.925. The molecule has 0 unspecified atom stereocenters. The summed E-state index contributed by atoms with van der Waals surface area (Å²) in [6, 6.07) is 8.54. The number of nitriles is 1. The number of halogens is 2. The maximum absolute atomic E-state index is 11.7. The normalized spacial score (nSPS) is 9.85. The summed E-state index contributed by atoms with van der Waals surface area (Å²) < 4.78 is 5.29. The third-order valence-corrected chi connectivity index (χ3v) is 3.94. The van der Waals surface area contributed by atoms with E-state index in [4.69, 9.17) is 33.2 Å². The lowest BCUT2D eigenvalue weighted by molar-refractivity contribution is -0.118. The monoisotopic (exact) mass is 326 g/mol. The molecule has 0 radical (unpaired) electrons. The Morgan fingerprint density at radius 3 is 2.95 bits per heavy atom. The Morgan fingerprint density at radius 2 is 2.20 bits per heavy atom. The number of amides is 1. The van der Waals surface area contributed by atoms with E-state index >= 15 is 0 Å². The van der Waals surface area contributed by atoms with Crippen molar-refractivity contribution in [2.45, 2.75) is 0 Å². The highest BCUT2D eigenvalue weighted by atomic mass is 35.5. The number of hydrogen-bond donors (Lipinski definition) is 1. The van der Waals surface area contributed by atoms with Crippen LogP contribution in [0.5, 0.6) is 5.75 Å². The molecular weight excluding hydrogens is 319 g/mol. The third kappa shape index (κ3) is 3.42. The highest BCUT2D eigenvalue weighted by Crippen LogP contribution is 2.31. The predicted octanol–water partition coefficient (Wildman–Crippen LogP) is 3.94. The standard InChI is InChI=1S/C13H8Cl2N2O2S/c14-9-2-1-3-10(12(9)15)19-7-11(18)17-13-8(6-16)4-5-20-13/h1-5H,7H2,(H,17,18). The molecule has 2 aromatic rings. The Hall–Kier alpha value is -1.74. The molecule has 1 amide bonds. The van der Waals surface area contributed by atoms with Crippen LogP contribution in [0.2, 0.25) is 10.0 Å². The van der Waals surface area contributed by atoms with Gasteiger partial charge in [-0.1, -0.05) is 29.3 Å². The van der Waals surface area contributed by atoms with Gasteiger partial charge < -0.3 is 10.1 Å². The molecule has 0 bridgehead atoms. The van der Waals surface area contributed by atoms with Crippen molar-refractivity contribution in [3.05, 3.63) is 45.3 Å². The molecule has 0 aliphatic rings. The minimum absolute atomic E-state index is 0.219. The van der Waals surface area contributed by atoms with Crippen LogP contribution >= 0.6 is 34.5 Å². The fraction of sp³-hybridized carbons (Fsp3) is 0.0769. The van der Waals surface area contributed by atoms with Crippen molar-refractivity contribution >= 4 is 45.4 Å². The lowest BCUT2D eigenvalue weighted by Gasteiger charge is -2.08. The number of hydrogen-bond acceptors (Lipinski definition) is 4. The Labute approximate surface area is 129 Å². The van der Waals surface area contributed by atoms with Gasteiger partial charge >= 0.3 is 0 Å². The fourth-order valence-electron chi connectivity index (χ4n) is 1.40. The first-order chi connectivity index (χ1) is 9.61. The van der Waals surface area contributed by atoms with Gasteiger partial charge in [-0.05, 0) is 23.6 Å². The van der Waals surface area contributed by atoms with Gasteiger partial charge in [-0.15, -0.1) is 11.3 Å². The molecule has 1 aromatic heterocycles. The summed E-state index contributed by atoms with van der Waals surface area (Å²) in [5, 5.41) is 14.3. The molecule has 0 saturated carbocycles. The van der Waals surface area contributed by atoms with Gasteiger partial charge in [0.15, 0.2) is 6.61 Å². The molecule has 1 N–H and O–H groups in total. The van der Waals surface area contributed by atoms with E-state index in [9.17, 15) is 4.79 Å². The van der Waals surface area contributed by atoms with Crippen molar-refractivity contribution in [3.63, 3.8) is 0 Å². The number of thiophene rings is 1. The molecular formula is C13H8Cl2N2O2S. The second kappa shape index (κ2) is 6.62. The molecule has 7 heteroatoms. The number of ether oxygens (including phenoxy) is 1. The van der Waals surface area contributed by atoms with E-state index in [1.165, 1.54) is 11.3 Å². The minimum atomic E-state index is -0.375. The largest absolute Gasteiger partial charge is 0.482 e. The van der Waals surface area contributed by atoms with Crippen molar-refractivity contribution in [1.82, 2.24) is 0 Å². The zero-order chi connectivity index (χ0) is 14.5. The third-order valence-electron chi connectivity index (χ3n) is 2.31. The van der Waals surface area contributed by atoms with Crippen LogP contribution < -0.4 is 10.1 Å². The van der Waals surface area contributed by atoms with Crippen molar-refractivity contribution in [2.24, 2.45) is 0 Å². The van der Waals surface area contributed by atoms with Gasteiger partial charge in [0.25, 0.3) is 5.91 Å². The van der Waals surface area contributed by atoms with E-state index in [1.807, 2.05) is 6.07 Å². The Kier molecular flexibility index (Phi) is 4.85. The summed E-state index contributed by atoms with van der Waals surface area (Å²) in [4.78, 5) is 11.7. The molecule has 0 aliphatic carbocycles. The summed E-state index contributed by atoms with van der Waals surface area (Å²) in [6.45, 7) is -0.219. The maximum Gasteiger partial charge on any atom is 0.262 e. The Balaban J connectivity index is 1.96. The van der Waals surface area contributed by atoms with E-state index < -0.39 is 0 Å². The van der Waals surface area contributed by atoms with Crippen LogP contribution in [-0.2, 0) is 4.79 Å². The number of rotatable bonds is 4. The highest BCUT2D eigenvalue weighted by molar-refractivity contribution is 7.14. The second-order valence-electron chi connectivity index (χ2n) is 3.66. The number of carbonyl (C=O) groups is 1. The SMILES string of the molecule is N#Cc1ccsc1NC(=O)COc1cccc(Cl)c1Cl. The van der Waals surface area contributed by atoms with Crippen LogP contribution in [0.3, 0.4) is 0 Å². The van der Waals surface area contributed by atoms with Crippen LogP contribution in [0, 0.1) is 11.3 Å². The minimum Gasteiger partial charge on any atom is -0.482 e. The van der Waals surface area contributed by atoms with E-state index in [2.05, 4.69) is 5.32 Å². The lowest BCUT2D eigenvalue weighted by Crippen LogP contribution is -2.20. The Bertz CT molecular complexity index is 679. The summed E-state index contributed by atoms with van der Waals surface area (Å²) in [7, 11) is 0. The molecule has 0 fully saturated rings. The highest BCUT2D eigenvalue weighted by Gasteiger charge is 2.11. The number of carbonyl (C=O) groups excluding carboxylic acids is 1. The molecule has 2 rings (SSSR count). The van der Waals surface area contributed by atoms with Gasteiger partial charge in [-0.2, -0.15) is 5.26 Å². The fourth-order valence-corrected chi connectivity index (χ4v) is 2.50. The zero-order valence-corrected chi connectivity index (χ0v) is 12.4. The van der Waals surface area contributed by atoms with E-state index in [0.717, 1.165) is 0 Å². The van der Waals surface area contributed by atoms with E-state index in [-0.39, 0.29) is 17.5 Å². The van der Waals surface area contributed by atoms with Gasteiger partial charge in [-0.25, -0.2) is 0 Å². The topological polar surface area (TPSA) is 62.1 Å². The number of nitrogens with one attached hydrogen (secondary N) is 1. The molecule has 20 heavy (non-hydrogen) atoms. The van der Waals surface area contributed by atoms with Crippen LogP contribution in [0.1, 0.15) is 5.56 Å².